The van der Waals surface area contributed by atoms with Gasteiger partial charge in [0.2, 0.25) is 15.9 Å². The van der Waals surface area contributed by atoms with E-state index in [2.05, 4.69) is 27.9 Å². The van der Waals surface area contributed by atoms with E-state index < -0.39 is 16.1 Å². The highest BCUT2D eigenvalue weighted by molar-refractivity contribution is 14.1. The van der Waals surface area contributed by atoms with Crippen LogP contribution in [0.1, 0.15) is 13.3 Å². The van der Waals surface area contributed by atoms with Crippen molar-refractivity contribution >= 4 is 61.5 Å². The van der Waals surface area contributed by atoms with Crippen LogP contribution in [0.15, 0.2) is 48.5 Å². The first-order chi connectivity index (χ1) is 11.7. The van der Waals surface area contributed by atoms with E-state index >= 15 is 0 Å². The highest BCUT2D eigenvalue weighted by atomic mass is 127. The second kappa shape index (κ2) is 8.37. The van der Waals surface area contributed by atoms with E-state index in [0.717, 1.165) is 14.1 Å². The van der Waals surface area contributed by atoms with Gasteiger partial charge >= 0.3 is 0 Å². The summed E-state index contributed by atoms with van der Waals surface area (Å²) in [5.41, 5.74) is 1.02. The monoisotopic (exact) mass is 492 g/mol. The summed E-state index contributed by atoms with van der Waals surface area (Å²) >= 11 is 8.05. The molecule has 0 radical (unpaired) electrons. The number of carbonyl (C=O) groups is 1. The molecule has 0 saturated carbocycles. The van der Waals surface area contributed by atoms with Crippen molar-refractivity contribution in [1.82, 2.24) is 0 Å². The third kappa shape index (κ3) is 5.32. The molecule has 2 aromatic rings. The Hall–Kier alpha value is -1.32. The van der Waals surface area contributed by atoms with Gasteiger partial charge in [-0.25, -0.2) is 8.42 Å². The summed E-state index contributed by atoms with van der Waals surface area (Å²) in [7, 11) is -3.66. The van der Waals surface area contributed by atoms with Gasteiger partial charge in [-0.3, -0.25) is 9.10 Å². The van der Waals surface area contributed by atoms with Gasteiger partial charge in [-0.1, -0.05) is 18.5 Å². The number of rotatable bonds is 6. The number of anilines is 2. The average Bonchev–Trinajstić information content (AvgIpc) is 2.54. The maximum absolute atomic E-state index is 12.7. The van der Waals surface area contributed by atoms with E-state index in [9.17, 15) is 13.2 Å². The number of sulfonamides is 1. The molecule has 0 saturated heterocycles. The van der Waals surface area contributed by atoms with Gasteiger partial charge in [0.25, 0.3) is 0 Å². The lowest BCUT2D eigenvalue weighted by molar-refractivity contribution is -0.117. The maximum Gasteiger partial charge on any atom is 0.248 e. The first-order valence-corrected chi connectivity index (χ1v) is 10.8. The molecule has 0 unspecified atom stereocenters. The number of amides is 1. The maximum atomic E-state index is 12.7. The van der Waals surface area contributed by atoms with E-state index in [-0.39, 0.29) is 5.91 Å². The zero-order chi connectivity index (χ0) is 18.6. The van der Waals surface area contributed by atoms with Crippen LogP contribution in [0.3, 0.4) is 0 Å². The van der Waals surface area contributed by atoms with Crippen molar-refractivity contribution in [2.24, 2.45) is 0 Å². The van der Waals surface area contributed by atoms with Crippen molar-refractivity contribution in [1.29, 1.82) is 0 Å². The van der Waals surface area contributed by atoms with Gasteiger partial charge in [0.1, 0.15) is 6.04 Å². The van der Waals surface area contributed by atoms with Crippen LogP contribution in [0.2, 0.25) is 5.02 Å². The normalized spacial score (nSPS) is 12.5. The van der Waals surface area contributed by atoms with Crippen molar-refractivity contribution in [3.63, 3.8) is 0 Å². The third-order valence-corrected chi connectivity index (χ3v) is 5.67. The van der Waals surface area contributed by atoms with Gasteiger partial charge in [0.15, 0.2) is 0 Å². The number of hydrogen-bond acceptors (Lipinski definition) is 3. The van der Waals surface area contributed by atoms with Crippen molar-refractivity contribution in [3.05, 3.63) is 57.1 Å². The van der Waals surface area contributed by atoms with E-state index in [1.807, 2.05) is 12.1 Å². The molecular formula is C17H18ClIN2O3S. The molecule has 0 heterocycles. The fourth-order valence-corrected chi connectivity index (χ4v) is 4.10. The Morgan fingerprint density at radius 2 is 1.72 bits per heavy atom. The molecule has 2 aromatic carbocycles. The lowest BCUT2D eigenvalue weighted by atomic mass is 10.2. The lowest BCUT2D eigenvalue weighted by Gasteiger charge is -2.30. The number of carbonyl (C=O) groups excluding carboxylic acids is 1. The second-order valence-electron chi connectivity index (χ2n) is 5.46. The molecule has 1 amide bonds. The first-order valence-electron chi connectivity index (χ1n) is 7.53. The van der Waals surface area contributed by atoms with Crippen LogP contribution in [-0.4, -0.2) is 26.6 Å². The molecule has 2 rings (SSSR count). The highest BCUT2D eigenvalue weighted by Gasteiger charge is 2.31. The molecule has 0 fully saturated rings. The van der Waals surface area contributed by atoms with E-state index in [0.29, 0.717) is 22.8 Å². The Bertz CT molecular complexity index is 839. The summed E-state index contributed by atoms with van der Waals surface area (Å²) in [6.45, 7) is 1.77. The summed E-state index contributed by atoms with van der Waals surface area (Å²) in [4.78, 5) is 12.7. The summed E-state index contributed by atoms with van der Waals surface area (Å²) in [6.07, 6.45) is 1.41. The molecule has 1 atom stereocenters. The third-order valence-electron chi connectivity index (χ3n) is 3.52. The molecule has 0 aliphatic rings. The standard InChI is InChI=1S/C17H18ClIN2O3S/c1-3-16(17(22)20-14-8-6-13(19)7-9-14)21(25(2,23)24)15-10-4-12(18)5-11-15/h4-11,16H,3H2,1-2H3,(H,20,22)/t16-/m0/s1. The van der Waals surface area contributed by atoms with Crippen molar-refractivity contribution in [2.75, 3.05) is 15.9 Å². The SMILES string of the molecule is CC[C@@H](C(=O)Nc1ccc(I)cc1)N(c1ccc(Cl)cc1)S(C)(=O)=O. The van der Waals surface area contributed by atoms with Crippen molar-refractivity contribution in [3.8, 4) is 0 Å². The molecule has 1 N–H and O–H groups in total. The number of hydrogen-bond donors (Lipinski definition) is 1. The van der Waals surface area contributed by atoms with Crippen LogP contribution in [0.5, 0.6) is 0 Å². The Morgan fingerprint density at radius 1 is 1.16 bits per heavy atom. The lowest BCUT2D eigenvalue weighted by Crippen LogP contribution is -2.46. The minimum atomic E-state index is -3.66. The summed E-state index contributed by atoms with van der Waals surface area (Å²) < 4.78 is 26.8. The number of halogens is 2. The number of nitrogens with one attached hydrogen (secondary N) is 1. The minimum Gasteiger partial charge on any atom is -0.324 e. The molecule has 8 heteroatoms. The Balaban J connectivity index is 2.34. The average molecular weight is 493 g/mol. The summed E-state index contributed by atoms with van der Waals surface area (Å²) in [5, 5.41) is 3.27. The largest absolute Gasteiger partial charge is 0.324 e. The Kier molecular flexibility index (Phi) is 6.70. The summed E-state index contributed by atoms with van der Waals surface area (Å²) in [5.74, 6) is -0.385. The minimum absolute atomic E-state index is 0.325. The predicted molar refractivity (Wildman–Crippen MR) is 111 cm³/mol. The molecule has 25 heavy (non-hydrogen) atoms. The number of nitrogens with zero attached hydrogens (tertiary/aromatic N) is 1. The molecule has 5 nitrogen and oxygen atoms in total. The molecule has 0 aliphatic carbocycles. The fourth-order valence-electron chi connectivity index (χ4n) is 2.41. The van der Waals surface area contributed by atoms with Gasteiger partial charge in [0, 0.05) is 14.3 Å². The van der Waals surface area contributed by atoms with Crippen molar-refractivity contribution < 1.29 is 13.2 Å². The Morgan fingerprint density at radius 3 is 2.20 bits per heavy atom. The van der Waals surface area contributed by atoms with Gasteiger partial charge in [0.05, 0.1) is 11.9 Å². The fraction of sp³-hybridized carbons (Fsp3) is 0.235. The van der Waals surface area contributed by atoms with Crippen LogP contribution in [-0.2, 0) is 14.8 Å². The van der Waals surface area contributed by atoms with Gasteiger partial charge in [-0.15, -0.1) is 0 Å². The topological polar surface area (TPSA) is 66.5 Å². The van der Waals surface area contributed by atoms with Crippen molar-refractivity contribution in [2.45, 2.75) is 19.4 Å². The summed E-state index contributed by atoms with van der Waals surface area (Å²) in [6, 6.07) is 12.8. The second-order valence-corrected chi connectivity index (χ2v) is 9.00. The predicted octanol–water partition coefficient (Wildman–Crippen LogP) is 4.13. The smallest absolute Gasteiger partial charge is 0.248 e. The number of benzene rings is 2. The van der Waals surface area contributed by atoms with Gasteiger partial charge < -0.3 is 5.32 Å². The zero-order valence-electron chi connectivity index (χ0n) is 13.7. The van der Waals surface area contributed by atoms with Crippen LogP contribution < -0.4 is 9.62 Å². The van der Waals surface area contributed by atoms with Crippen LogP contribution >= 0.6 is 34.2 Å². The quantitative estimate of drug-likeness (QED) is 0.617. The highest BCUT2D eigenvalue weighted by Crippen LogP contribution is 2.25. The van der Waals surface area contributed by atoms with Gasteiger partial charge in [-0.05, 0) is 77.5 Å². The molecule has 0 aromatic heterocycles. The first kappa shape index (κ1) is 20.0. The van der Waals surface area contributed by atoms with E-state index in [4.69, 9.17) is 11.6 Å². The molecule has 0 spiro atoms. The molecule has 134 valence electrons. The molecule has 0 aliphatic heterocycles. The molecule has 0 bridgehead atoms. The molecular weight excluding hydrogens is 475 g/mol. The van der Waals surface area contributed by atoms with E-state index in [1.165, 1.54) is 0 Å². The Labute approximate surface area is 166 Å². The van der Waals surface area contributed by atoms with Crippen LogP contribution in [0.25, 0.3) is 0 Å². The van der Waals surface area contributed by atoms with E-state index in [1.54, 1.807) is 43.3 Å². The van der Waals surface area contributed by atoms with Crippen LogP contribution in [0, 0.1) is 3.57 Å². The zero-order valence-corrected chi connectivity index (χ0v) is 17.5. The van der Waals surface area contributed by atoms with Gasteiger partial charge in [-0.2, -0.15) is 0 Å². The van der Waals surface area contributed by atoms with Crippen LogP contribution in [0.4, 0.5) is 11.4 Å².